The fourth-order valence-electron chi connectivity index (χ4n) is 2.00. The standard InChI is InChI=1S/C17H16O/c1-2-16(18)13-12-15-10-6-7-11-17(15)14-8-4-3-5-9-14/h2-11H,1,12-13H2. The number of allylic oxidation sites excluding steroid dienone is 1. The number of hydrogen-bond acceptors (Lipinski definition) is 1. The third kappa shape index (κ3) is 2.95. The maximum absolute atomic E-state index is 11.3. The number of carbonyl (C=O) groups is 1. The summed E-state index contributed by atoms with van der Waals surface area (Å²) in [7, 11) is 0. The lowest BCUT2D eigenvalue weighted by Gasteiger charge is -2.08. The highest BCUT2D eigenvalue weighted by molar-refractivity contribution is 5.89. The van der Waals surface area contributed by atoms with Gasteiger partial charge < -0.3 is 0 Å². The van der Waals surface area contributed by atoms with E-state index < -0.39 is 0 Å². The molecule has 2 rings (SSSR count). The summed E-state index contributed by atoms with van der Waals surface area (Å²) in [6, 6.07) is 18.5. The second-order valence-electron chi connectivity index (χ2n) is 4.19. The van der Waals surface area contributed by atoms with Crippen molar-refractivity contribution in [1.29, 1.82) is 0 Å². The Morgan fingerprint density at radius 1 is 1.00 bits per heavy atom. The van der Waals surface area contributed by atoms with Crippen LogP contribution in [0.2, 0.25) is 0 Å². The second kappa shape index (κ2) is 5.97. The largest absolute Gasteiger partial charge is 0.295 e. The summed E-state index contributed by atoms with van der Waals surface area (Å²) in [5, 5.41) is 0. The van der Waals surface area contributed by atoms with Crippen LogP contribution in [0.25, 0.3) is 11.1 Å². The minimum atomic E-state index is 0.0952. The zero-order valence-electron chi connectivity index (χ0n) is 10.3. The molecular formula is C17H16O. The quantitative estimate of drug-likeness (QED) is 0.716. The Morgan fingerprint density at radius 3 is 2.39 bits per heavy atom. The van der Waals surface area contributed by atoms with E-state index in [4.69, 9.17) is 0 Å². The lowest BCUT2D eigenvalue weighted by atomic mass is 9.96. The van der Waals surface area contributed by atoms with Gasteiger partial charge in [-0.05, 0) is 29.2 Å². The summed E-state index contributed by atoms with van der Waals surface area (Å²) < 4.78 is 0. The molecule has 2 aromatic carbocycles. The molecule has 1 heteroatoms. The number of ketones is 1. The zero-order valence-corrected chi connectivity index (χ0v) is 10.3. The van der Waals surface area contributed by atoms with E-state index in [-0.39, 0.29) is 5.78 Å². The van der Waals surface area contributed by atoms with E-state index >= 15 is 0 Å². The highest BCUT2D eigenvalue weighted by Crippen LogP contribution is 2.24. The van der Waals surface area contributed by atoms with E-state index in [1.165, 1.54) is 22.8 Å². The molecule has 0 amide bonds. The number of aryl methyl sites for hydroxylation is 1. The van der Waals surface area contributed by atoms with E-state index in [0.717, 1.165) is 6.42 Å². The van der Waals surface area contributed by atoms with E-state index in [9.17, 15) is 4.79 Å². The van der Waals surface area contributed by atoms with Gasteiger partial charge in [0.15, 0.2) is 5.78 Å². The molecule has 0 aliphatic carbocycles. The van der Waals surface area contributed by atoms with Crippen LogP contribution < -0.4 is 0 Å². The van der Waals surface area contributed by atoms with Crippen LogP contribution in [0.3, 0.4) is 0 Å². The van der Waals surface area contributed by atoms with Crippen molar-refractivity contribution in [2.75, 3.05) is 0 Å². The predicted molar refractivity (Wildman–Crippen MR) is 75.4 cm³/mol. The van der Waals surface area contributed by atoms with Crippen LogP contribution in [0.5, 0.6) is 0 Å². The fourth-order valence-corrected chi connectivity index (χ4v) is 2.00. The van der Waals surface area contributed by atoms with Crippen molar-refractivity contribution < 1.29 is 4.79 Å². The van der Waals surface area contributed by atoms with Crippen LogP contribution in [-0.4, -0.2) is 5.78 Å². The van der Waals surface area contributed by atoms with Gasteiger partial charge in [-0.15, -0.1) is 0 Å². The van der Waals surface area contributed by atoms with Gasteiger partial charge in [0.25, 0.3) is 0 Å². The van der Waals surface area contributed by atoms with Gasteiger partial charge in [-0.1, -0.05) is 61.2 Å². The Hall–Kier alpha value is -2.15. The SMILES string of the molecule is C=CC(=O)CCc1ccccc1-c1ccccc1. The Balaban J connectivity index is 2.26. The summed E-state index contributed by atoms with van der Waals surface area (Å²) in [5.74, 6) is 0.0952. The van der Waals surface area contributed by atoms with E-state index in [1.807, 2.05) is 30.3 Å². The van der Waals surface area contributed by atoms with Gasteiger partial charge in [0.1, 0.15) is 0 Å². The molecule has 0 unspecified atom stereocenters. The third-order valence-corrected chi connectivity index (χ3v) is 2.97. The van der Waals surface area contributed by atoms with E-state index in [0.29, 0.717) is 6.42 Å². The fraction of sp³-hybridized carbons (Fsp3) is 0.118. The molecule has 2 aromatic rings. The van der Waals surface area contributed by atoms with Gasteiger partial charge >= 0.3 is 0 Å². The van der Waals surface area contributed by atoms with Crippen LogP contribution in [0.15, 0.2) is 67.3 Å². The number of hydrogen-bond donors (Lipinski definition) is 0. The molecule has 0 N–H and O–H groups in total. The topological polar surface area (TPSA) is 17.1 Å². The van der Waals surface area contributed by atoms with Crippen molar-refractivity contribution in [3.8, 4) is 11.1 Å². The van der Waals surface area contributed by atoms with Gasteiger partial charge in [-0.25, -0.2) is 0 Å². The molecule has 0 radical (unpaired) electrons. The van der Waals surface area contributed by atoms with Crippen LogP contribution in [0.1, 0.15) is 12.0 Å². The average Bonchev–Trinajstić information content (AvgIpc) is 2.46. The molecule has 0 aliphatic heterocycles. The van der Waals surface area contributed by atoms with Gasteiger partial charge in [-0.2, -0.15) is 0 Å². The van der Waals surface area contributed by atoms with Crippen molar-refractivity contribution in [1.82, 2.24) is 0 Å². The summed E-state index contributed by atoms with van der Waals surface area (Å²) in [5.41, 5.74) is 3.60. The van der Waals surface area contributed by atoms with E-state index in [1.54, 1.807) is 0 Å². The highest BCUT2D eigenvalue weighted by atomic mass is 16.1. The summed E-state index contributed by atoms with van der Waals surface area (Å²) >= 11 is 0. The van der Waals surface area contributed by atoms with Crippen LogP contribution in [-0.2, 0) is 11.2 Å². The Labute approximate surface area is 108 Å². The van der Waals surface area contributed by atoms with E-state index in [2.05, 4.69) is 30.8 Å². The molecule has 1 nitrogen and oxygen atoms in total. The second-order valence-corrected chi connectivity index (χ2v) is 4.19. The Kier molecular flexibility index (Phi) is 4.08. The number of benzene rings is 2. The lowest BCUT2D eigenvalue weighted by molar-refractivity contribution is -0.114. The Bertz CT molecular complexity index is 541. The van der Waals surface area contributed by atoms with Gasteiger partial charge in [0, 0.05) is 6.42 Å². The molecule has 0 aromatic heterocycles. The van der Waals surface area contributed by atoms with Gasteiger partial charge in [-0.3, -0.25) is 4.79 Å². The first-order valence-electron chi connectivity index (χ1n) is 6.10. The van der Waals surface area contributed by atoms with Crippen molar-refractivity contribution >= 4 is 5.78 Å². The molecular weight excluding hydrogens is 220 g/mol. The summed E-state index contributed by atoms with van der Waals surface area (Å²) in [6.45, 7) is 3.50. The van der Waals surface area contributed by atoms with Crippen LogP contribution >= 0.6 is 0 Å². The minimum absolute atomic E-state index is 0.0952. The molecule has 18 heavy (non-hydrogen) atoms. The number of carbonyl (C=O) groups excluding carboxylic acids is 1. The molecule has 0 aliphatic rings. The third-order valence-electron chi connectivity index (χ3n) is 2.97. The first kappa shape index (κ1) is 12.3. The molecule has 0 spiro atoms. The maximum Gasteiger partial charge on any atom is 0.155 e. The minimum Gasteiger partial charge on any atom is -0.295 e. The predicted octanol–water partition coefficient (Wildman–Crippen LogP) is 4.04. The van der Waals surface area contributed by atoms with Gasteiger partial charge in [0.05, 0.1) is 0 Å². The normalized spacial score (nSPS) is 10.0. The van der Waals surface area contributed by atoms with Crippen LogP contribution in [0, 0.1) is 0 Å². The molecule has 0 saturated carbocycles. The smallest absolute Gasteiger partial charge is 0.155 e. The molecule has 0 heterocycles. The van der Waals surface area contributed by atoms with Crippen molar-refractivity contribution in [3.63, 3.8) is 0 Å². The first-order valence-corrected chi connectivity index (χ1v) is 6.10. The molecule has 0 saturated heterocycles. The van der Waals surface area contributed by atoms with Crippen molar-refractivity contribution in [2.24, 2.45) is 0 Å². The first-order chi connectivity index (χ1) is 8.81. The molecule has 0 bridgehead atoms. The van der Waals surface area contributed by atoms with Crippen LogP contribution in [0.4, 0.5) is 0 Å². The highest BCUT2D eigenvalue weighted by Gasteiger charge is 2.05. The summed E-state index contributed by atoms with van der Waals surface area (Å²) in [6.07, 6.45) is 2.67. The van der Waals surface area contributed by atoms with Crippen molar-refractivity contribution in [3.05, 3.63) is 72.8 Å². The van der Waals surface area contributed by atoms with Gasteiger partial charge in [0.2, 0.25) is 0 Å². The average molecular weight is 236 g/mol. The molecule has 90 valence electrons. The molecule has 0 fully saturated rings. The molecule has 0 atom stereocenters. The maximum atomic E-state index is 11.3. The number of rotatable bonds is 5. The lowest BCUT2D eigenvalue weighted by Crippen LogP contribution is -1.97. The zero-order chi connectivity index (χ0) is 12.8. The van der Waals surface area contributed by atoms with Crippen molar-refractivity contribution in [2.45, 2.75) is 12.8 Å². The summed E-state index contributed by atoms with van der Waals surface area (Å²) in [4.78, 5) is 11.3. The Morgan fingerprint density at radius 2 is 1.67 bits per heavy atom. The monoisotopic (exact) mass is 236 g/mol.